The minimum Gasteiger partial charge on any atom is -0.496 e. The summed E-state index contributed by atoms with van der Waals surface area (Å²) in [6.45, 7) is 1.60. The van der Waals surface area contributed by atoms with Gasteiger partial charge >= 0.3 is 0 Å². The van der Waals surface area contributed by atoms with Gasteiger partial charge in [0.15, 0.2) is 0 Å². The molecular formula is C17H26FN3O4. The van der Waals surface area contributed by atoms with Crippen LogP contribution in [0.4, 0.5) is 4.39 Å². The molecule has 0 fully saturated rings. The van der Waals surface area contributed by atoms with Crippen LogP contribution in [0.5, 0.6) is 5.75 Å². The molecule has 2 amide bonds. The van der Waals surface area contributed by atoms with Gasteiger partial charge in [-0.15, -0.1) is 0 Å². The number of halogens is 1. The van der Waals surface area contributed by atoms with Crippen LogP contribution >= 0.6 is 0 Å². The van der Waals surface area contributed by atoms with Crippen molar-refractivity contribution in [2.75, 3.05) is 41.5 Å². The number of hydrogen-bond acceptors (Lipinski definition) is 5. The Morgan fingerprint density at radius 2 is 1.96 bits per heavy atom. The Morgan fingerprint density at radius 3 is 2.52 bits per heavy atom. The maximum Gasteiger partial charge on any atom is 0.242 e. The fourth-order valence-corrected chi connectivity index (χ4v) is 2.18. The summed E-state index contributed by atoms with van der Waals surface area (Å²) >= 11 is 0. The van der Waals surface area contributed by atoms with E-state index in [0.29, 0.717) is 5.75 Å². The van der Waals surface area contributed by atoms with Crippen LogP contribution in [0.25, 0.3) is 0 Å². The molecular weight excluding hydrogens is 329 g/mol. The Hall–Kier alpha value is -2.19. The van der Waals surface area contributed by atoms with E-state index in [-0.39, 0.29) is 31.2 Å². The molecule has 1 aromatic rings. The molecule has 0 aliphatic carbocycles. The molecule has 0 aliphatic rings. The minimum absolute atomic E-state index is 0.0245. The van der Waals surface area contributed by atoms with E-state index >= 15 is 0 Å². The highest BCUT2D eigenvalue weighted by Crippen LogP contribution is 2.21. The van der Waals surface area contributed by atoms with Crippen molar-refractivity contribution in [1.29, 1.82) is 0 Å². The zero-order valence-corrected chi connectivity index (χ0v) is 15.3. The van der Waals surface area contributed by atoms with Crippen molar-refractivity contribution < 1.29 is 23.5 Å². The number of methoxy groups -OCH3 is 2. The summed E-state index contributed by atoms with van der Waals surface area (Å²) in [6.07, 6.45) is 0. The summed E-state index contributed by atoms with van der Waals surface area (Å²) in [5.74, 6) is -0.703. The third kappa shape index (κ3) is 5.68. The molecule has 0 radical (unpaired) electrons. The van der Waals surface area contributed by atoms with Crippen LogP contribution in [0.15, 0.2) is 18.2 Å². The number of carbonyl (C=O) groups is 2. The van der Waals surface area contributed by atoms with E-state index in [1.54, 1.807) is 27.1 Å². The maximum absolute atomic E-state index is 14.0. The molecule has 0 saturated heterocycles. The molecule has 0 bridgehead atoms. The largest absolute Gasteiger partial charge is 0.496 e. The Kier molecular flexibility index (Phi) is 7.79. The quantitative estimate of drug-likeness (QED) is 0.676. The van der Waals surface area contributed by atoms with Gasteiger partial charge in [-0.3, -0.25) is 14.9 Å². The van der Waals surface area contributed by atoms with Crippen LogP contribution < -0.4 is 15.4 Å². The number of hydrogen-bond donors (Lipinski definition) is 2. The number of nitrogens with one attached hydrogen (secondary N) is 2. The number of benzene rings is 1. The molecule has 1 rings (SSSR count). The fraction of sp³-hybridized carbons (Fsp3) is 0.529. The Morgan fingerprint density at radius 1 is 1.28 bits per heavy atom. The van der Waals surface area contributed by atoms with Crippen LogP contribution in [0.3, 0.4) is 0 Å². The van der Waals surface area contributed by atoms with Crippen molar-refractivity contribution in [2.24, 2.45) is 0 Å². The van der Waals surface area contributed by atoms with Gasteiger partial charge in [0.25, 0.3) is 0 Å². The lowest BCUT2D eigenvalue weighted by Gasteiger charge is -2.29. The smallest absolute Gasteiger partial charge is 0.242 e. The molecule has 0 heterocycles. The minimum atomic E-state index is -1.14. The Balaban J connectivity index is 2.81. The van der Waals surface area contributed by atoms with Gasteiger partial charge in [0.1, 0.15) is 17.1 Å². The molecule has 2 N–H and O–H groups in total. The Bertz CT molecular complexity index is 610. The predicted molar refractivity (Wildman–Crippen MR) is 91.8 cm³/mol. The standard InChI is InChI=1S/C17H26FN3O4/c1-17(11-24-4,20-10-15(22)21(2)3)16(23)19-9-12-13(18)7-6-8-14(12)25-5/h6-8,20H,9-11H2,1-5H3,(H,19,23). The topological polar surface area (TPSA) is 79.9 Å². The molecule has 1 aromatic carbocycles. The number of amides is 2. The molecule has 8 heteroatoms. The van der Waals surface area contributed by atoms with Crippen LogP contribution in [-0.2, 0) is 20.9 Å². The summed E-state index contributed by atoms with van der Waals surface area (Å²) in [7, 11) is 6.15. The Labute approximate surface area is 147 Å². The van der Waals surface area contributed by atoms with Crippen molar-refractivity contribution in [3.63, 3.8) is 0 Å². The van der Waals surface area contributed by atoms with Crippen molar-refractivity contribution in [2.45, 2.75) is 19.0 Å². The van der Waals surface area contributed by atoms with Crippen LogP contribution in [0.1, 0.15) is 12.5 Å². The van der Waals surface area contributed by atoms with Gasteiger partial charge in [-0.1, -0.05) is 6.07 Å². The number of ether oxygens (including phenoxy) is 2. The van der Waals surface area contributed by atoms with Gasteiger partial charge in [0.2, 0.25) is 11.8 Å². The summed E-state index contributed by atoms with van der Waals surface area (Å²) in [5, 5.41) is 5.57. The van der Waals surface area contributed by atoms with Crippen molar-refractivity contribution in [3.8, 4) is 5.75 Å². The first-order valence-electron chi connectivity index (χ1n) is 7.79. The second-order valence-electron chi connectivity index (χ2n) is 6.01. The molecule has 1 unspecified atom stereocenters. The van der Waals surface area contributed by atoms with Gasteiger partial charge in [0, 0.05) is 33.3 Å². The van der Waals surface area contributed by atoms with E-state index in [1.165, 1.54) is 31.3 Å². The van der Waals surface area contributed by atoms with Gasteiger partial charge in [-0.2, -0.15) is 0 Å². The fourth-order valence-electron chi connectivity index (χ4n) is 2.18. The third-order valence-corrected chi connectivity index (χ3v) is 3.78. The number of rotatable bonds is 9. The van der Waals surface area contributed by atoms with Crippen molar-refractivity contribution >= 4 is 11.8 Å². The molecule has 7 nitrogen and oxygen atoms in total. The zero-order chi connectivity index (χ0) is 19.0. The summed E-state index contributed by atoms with van der Waals surface area (Å²) < 4.78 is 24.2. The maximum atomic E-state index is 14.0. The monoisotopic (exact) mass is 355 g/mol. The SMILES string of the molecule is COCC(C)(NCC(=O)N(C)C)C(=O)NCc1c(F)cccc1OC. The van der Waals surface area contributed by atoms with E-state index in [9.17, 15) is 14.0 Å². The highest BCUT2D eigenvalue weighted by atomic mass is 19.1. The zero-order valence-electron chi connectivity index (χ0n) is 15.3. The first-order chi connectivity index (χ1) is 11.7. The van der Waals surface area contributed by atoms with Crippen LogP contribution in [0.2, 0.25) is 0 Å². The third-order valence-electron chi connectivity index (χ3n) is 3.78. The van der Waals surface area contributed by atoms with Gasteiger partial charge in [-0.25, -0.2) is 4.39 Å². The van der Waals surface area contributed by atoms with E-state index in [1.807, 2.05) is 0 Å². The van der Waals surface area contributed by atoms with Gasteiger partial charge in [-0.05, 0) is 19.1 Å². The second-order valence-corrected chi connectivity index (χ2v) is 6.01. The lowest BCUT2D eigenvalue weighted by Crippen LogP contribution is -2.59. The molecule has 0 saturated carbocycles. The van der Waals surface area contributed by atoms with Crippen LogP contribution in [0, 0.1) is 5.82 Å². The molecule has 1 atom stereocenters. The van der Waals surface area contributed by atoms with Gasteiger partial charge < -0.3 is 19.7 Å². The average Bonchev–Trinajstić information content (AvgIpc) is 2.58. The van der Waals surface area contributed by atoms with Gasteiger partial charge in [0.05, 0.1) is 20.3 Å². The van der Waals surface area contributed by atoms with E-state index in [0.717, 1.165) is 0 Å². The second kappa shape index (κ2) is 9.33. The predicted octanol–water partition coefficient (Wildman–Crippen LogP) is 0.533. The lowest BCUT2D eigenvalue weighted by molar-refractivity contribution is -0.131. The number of nitrogens with zero attached hydrogens (tertiary/aromatic N) is 1. The van der Waals surface area contributed by atoms with Crippen LogP contribution in [-0.4, -0.2) is 63.7 Å². The van der Waals surface area contributed by atoms with Crippen molar-refractivity contribution in [3.05, 3.63) is 29.6 Å². The highest BCUT2D eigenvalue weighted by Gasteiger charge is 2.33. The molecule has 25 heavy (non-hydrogen) atoms. The summed E-state index contributed by atoms with van der Waals surface area (Å²) in [6, 6.07) is 4.45. The number of likely N-dealkylation sites (N-methyl/N-ethyl adjacent to an activating group) is 1. The lowest BCUT2D eigenvalue weighted by atomic mass is 10.0. The van der Waals surface area contributed by atoms with Crippen molar-refractivity contribution in [1.82, 2.24) is 15.5 Å². The summed E-state index contributed by atoms with van der Waals surface area (Å²) in [4.78, 5) is 25.7. The first-order valence-corrected chi connectivity index (χ1v) is 7.79. The molecule has 140 valence electrons. The summed E-state index contributed by atoms with van der Waals surface area (Å²) in [5.41, 5.74) is -0.888. The number of carbonyl (C=O) groups excluding carboxylic acids is 2. The van der Waals surface area contributed by atoms with E-state index in [2.05, 4.69) is 10.6 Å². The molecule has 0 spiro atoms. The average molecular weight is 355 g/mol. The normalized spacial score (nSPS) is 13.0. The molecule has 0 aromatic heterocycles. The van der Waals surface area contributed by atoms with E-state index < -0.39 is 17.3 Å². The van der Waals surface area contributed by atoms with E-state index in [4.69, 9.17) is 9.47 Å². The highest BCUT2D eigenvalue weighted by molar-refractivity contribution is 5.87. The first kappa shape index (κ1) is 20.9. The molecule has 0 aliphatic heterocycles.